The van der Waals surface area contributed by atoms with Crippen LogP contribution in [-0.2, 0) is 0 Å². The van der Waals surface area contributed by atoms with Crippen LogP contribution in [0.4, 0.5) is 5.95 Å². The van der Waals surface area contributed by atoms with Gasteiger partial charge in [0.1, 0.15) is 0 Å². The quantitative estimate of drug-likeness (QED) is 0.454. The SMILES string of the molecule is Nc1nc2cc(C(=O)N3CCC4CC(NC(=O)c5cc6ccccc6c(=O)o5)CCC4C3)ccn2n1. The number of carbonyl (C=O) groups is 2. The number of nitrogens with two attached hydrogens (primary N) is 1. The summed E-state index contributed by atoms with van der Waals surface area (Å²) in [6.07, 6.45) is 5.16. The number of hydrogen-bond acceptors (Lipinski definition) is 7. The minimum Gasteiger partial charge on any atom is -0.417 e. The predicted octanol–water partition coefficient (Wildman–Crippen LogP) is 2.48. The molecule has 0 radical (unpaired) electrons. The molecule has 1 saturated heterocycles. The van der Waals surface area contributed by atoms with Crippen molar-refractivity contribution in [3.63, 3.8) is 0 Å². The first-order valence-electron chi connectivity index (χ1n) is 12.2. The van der Waals surface area contributed by atoms with Crippen molar-refractivity contribution < 1.29 is 14.0 Å². The number of anilines is 1. The van der Waals surface area contributed by atoms with E-state index in [2.05, 4.69) is 15.4 Å². The number of carbonyl (C=O) groups excluding carboxylic acids is 2. The number of piperidine rings is 1. The number of nitrogen functional groups attached to an aromatic ring is 1. The normalized spacial score (nSPS) is 21.9. The maximum absolute atomic E-state index is 13.2. The van der Waals surface area contributed by atoms with Gasteiger partial charge in [-0.05, 0) is 67.2 Å². The fourth-order valence-corrected chi connectivity index (χ4v) is 5.65. The lowest BCUT2D eigenvalue weighted by atomic mass is 9.73. The number of hydrogen-bond donors (Lipinski definition) is 2. The van der Waals surface area contributed by atoms with E-state index < -0.39 is 5.63 Å². The number of amides is 2. The van der Waals surface area contributed by atoms with Crippen LogP contribution < -0.4 is 16.7 Å². The lowest BCUT2D eigenvalue weighted by molar-refractivity contribution is 0.0476. The Morgan fingerprint density at radius 2 is 1.94 bits per heavy atom. The van der Waals surface area contributed by atoms with E-state index in [1.807, 2.05) is 11.0 Å². The fraction of sp³-hybridized carbons (Fsp3) is 0.346. The molecule has 184 valence electrons. The van der Waals surface area contributed by atoms with Gasteiger partial charge in [0.2, 0.25) is 5.95 Å². The number of likely N-dealkylation sites (tertiary alicyclic amines) is 1. The Kier molecular flexibility index (Phi) is 5.43. The molecular formula is C26H26N6O4. The van der Waals surface area contributed by atoms with Crippen LogP contribution in [0.1, 0.15) is 46.6 Å². The molecule has 36 heavy (non-hydrogen) atoms. The molecule has 3 aromatic heterocycles. The topological polar surface area (TPSA) is 136 Å². The third-order valence-electron chi connectivity index (χ3n) is 7.48. The Balaban J connectivity index is 1.09. The van der Waals surface area contributed by atoms with Gasteiger partial charge in [0.25, 0.3) is 11.8 Å². The van der Waals surface area contributed by atoms with Gasteiger partial charge in [0, 0.05) is 30.9 Å². The third kappa shape index (κ3) is 4.08. The van der Waals surface area contributed by atoms with E-state index in [1.165, 1.54) is 0 Å². The molecular weight excluding hydrogens is 460 g/mol. The Bertz CT molecular complexity index is 1540. The summed E-state index contributed by atoms with van der Waals surface area (Å²) >= 11 is 0. The van der Waals surface area contributed by atoms with Gasteiger partial charge in [-0.15, -0.1) is 5.10 Å². The van der Waals surface area contributed by atoms with Crippen LogP contribution in [-0.4, -0.2) is 50.4 Å². The smallest absolute Gasteiger partial charge is 0.344 e. The molecule has 3 unspecified atom stereocenters. The molecule has 10 nitrogen and oxygen atoms in total. The van der Waals surface area contributed by atoms with Crippen LogP contribution in [0.2, 0.25) is 0 Å². The molecule has 4 aromatic rings. The maximum Gasteiger partial charge on any atom is 0.344 e. The minimum atomic E-state index is -0.509. The maximum atomic E-state index is 13.2. The molecule has 1 aliphatic carbocycles. The van der Waals surface area contributed by atoms with E-state index in [4.69, 9.17) is 10.2 Å². The Labute approximate surface area is 206 Å². The number of rotatable bonds is 3. The zero-order valence-electron chi connectivity index (χ0n) is 19.6. The van der Waals surface area contributed by atoms with Crippen LogP contribution in [0.3, 0.4) is 0 Å². The van der Waals surface area contributed by atoms with E-state index in [1.54, 1.807) is 47.1 Å². The molecule has 1 saturated carbocycles. The minimum absolute atomic E-state index is 0.0126. The highest BCUT2D eigenvalue weighted by atomic mass is 16.4. The summed E-state index contributed by atoms with van der Waals surface area (Å²) in [5.41, 5.74) is 6.27. The third-order valence-corrected chi connectivity index (χ3v) is 7.48. The molecule has 3 atom stereocenters. The van der Waals surface area contributed by atoms with Crippen LogP contribution in [0.5, 0.6) is 0 Å². The number of aromatic nitrogens is 3. The van der Waals surface area contributed by atoms with Gasteiger partial charge in [0.15, 0.2) is 11.4 Å². The van der Waals surface area contributed by atoms with Crippen LogP contribution in [0, 0.1) is 11.8 Å². The van der Waals surface area contributed by atoms with Crippen molar-refractivity contribution in [2.24, 2.45) is 11.8 Å². The first-order valence-corrected chi connectivity index (χ1v) is 12.2. The van der Waals surface area contributed by atoms with E-state index in [0.29, 0.717) is 46.9 Å². The molecule has 1 aromatic carbocycles. The van der Waals surface area contributed by atoms with Gasteiger partial charge in [-0.3, -0.25) is 9.59 Å². The average molecular weight is 487 g/mol. The summed E-state index contributed by atoms with van der Waals surface area (Å²) in [5, 5.41) is 8.26. The standard InChI is InChI=1S/C26H26N6O4/c27-26-29-22-13-17(8-10-32(22)30-26)24(34)31-9-7-15-11-19(6-5-18(15)14-31)28-23(33)21-12-16-3-1-2-4-20(16)25(35)36-21/h1-4,8,10,12-13,15,18-19H,5-7,9,11,14H2,(H2,27,30)(H,28,33). The zero-order chi connectivity index (χ0) is 24.8. The second kappa shape index (κ2) is 8.78. The molecule has 4 heterocycles. The number of pyridine rings is 1. The van der Waals surface area contributed by atoms with Gasteiger partial charge in [-0.2, -0.15) is 4.98 Å². The molecule has 0 spiro atoms. The molecule has 3 N–H and O–H groups in total. The summed E-state index contributed by atoms with van der Waals surface area (Å²) in [4.78, 5) is 44.3. The highest BCUT2D eigenvalue weighted by molar-refractivity contribution is 5.96. The summed E-state index contributed by atoms with van der Waals surface area (Å²) in [6.45, 7) is 1.37. The monoisotopic (exact) mass is 486 g/mol. The molecule has 2 amide bonds. The molecule has 2 aliphatic rings. The van der Waals surface area contributed by atoms with Crippen molar-refractivity contribution in [2.75, 3.05) is 18.8 Å². The highest BCUT2D eigenvalue weighted by Gasteiger charge is 2.37. The average Bonchev–Trinajstić information content (AvgIpc) is 3.27. The van der Waals surface area contributed by atoms with E-state index in [-0.39, 0.29) is 29.6 Å². The van der Waals surface area contributed by atoms with Crippen molar-refractivity contribution in [1.29, 1.82) is 0 Å². The lowest BCUT2D eigenvalue weighted by Gasteiger charge is -2.43. The van der Waals surface area contributed by atoms with Crippen molar-refractivity contribution in [3.05, 3.63) is 70.4 Å². The second-order valence-electron chi connectivity index (χ2n) is 9.72. The van der Waals surface area contributed by atoms with Crippen molar-refractivity contribution in [1.82, 2.24) is 24.8 Å². The largest absolute Gasteiger partial charge is 0.417 e. The van der Waals surface area contributed by atoms with Crippen molar-refractivity contribution in [2.45, 2.75) is 31.7 Å². The number of nitrogens with one attached hydrogen (secondary N) is 1. The molecule has 2 fully saturated rings. The van der Waals surface area contributed by atoms with Crippen LogP contribution in [0.15, 0.2) is 57.9 Å². The van der Waals surface area contributed by atoms with Gasteiger partial charge in [-0.1, -0.05) is 18.2 Å². The molecule has 10 heteroatoms. The zero-order valence-corrected chi connectivity index (χ0v) is 19.6. The lowest BCUT2D eigenvalue weighted by Crippen LogP contribution is -2.49. The van der Waals surface area contributed by atoms with E-state index >= 15 is 0 Å². The summed E-state index contributed by atoms with van der Waals surface area (Å²) in [6, 6.07) is 12.2. The first kappa shape index (κ1) is 22.3. The Morgan fingerprint density at radius 3 is 2.83 bits per heavy atom. The van der Waals surface area contributed by atoms with E-state index in [9.17, 15) is 14.4 Å². The Morgan fingerprint density at radius 1 is 1.08 bits per heavy atom. The van der Waals surface area contributed by atoms with Gasteiger partial charge >= 0.3 is 5.63 Å². The van der Waals surface area contributed by atoms with Gasteiger partial charge in [0.05, 0.1) is 5.39 Å². The highest BCUT2D eigenvalue weighted by Crippen LogP contribution is 2.37. The summed E-state index contributed by atoms with van der Waals surface area (Å²) < 4.78 is 6.84. The Hall–Kier alpha value is -4.21. The van der Waals surface area contributed by atoms with Crippen LogP contribution in [0.25, 0.3) is 16.4 Å². The fourth-order valence-electron chi connectivity index (χ4n) is 5.65. The number of nitrogens with zero attached hydrogens (tertiary/aromatic N) is 4. The van der Waals surface area contributed by atoms with E-state index in [0.717, 1.165) is 25.7 Å². The first-order chi connectivity index (χ1) is 17.4. The second-order valence-corrected chi connectivity index (χ2v) is 9.72. The summed E-state index contributed by atoms with van der Waals surface area (Å²) in [7, 11) is 0. The number of fused-ring (bicyclic) bond motifs is 3. The predicted molar refractivity (Wildman–Crippen MR) is 132 cm³/mol. The molecule has 1 aliphatic heterocycles. The van der Waals surface area contributed by atoms with Crippen molar-refractivity contribution in [3.8, 4) is 0 Å². The molecule has 0 bridgehead atoms. The van der Waals surface area contributed by atoms with Crippen LogP contribution >= 0.6 is 0 Å². The summed E-state index contributed by atoms with van der Waals surface area (Å²) in [5.74, 6) is 0.648. The molecule has 6 rings (SSSR count). The van der Waals surface area contributed by atoms with Gasteiger partial charge < -0.3 is 20.4 Å². The van der Waals surface area contributed by atoms with Gasteiger partial charge in [-0.25, -0.2) is 9.31 Å². The van der Waals surface area contributed by atoms with Crippen molar-refractivity contribution >= 4 is 34.2 Å². The number of benzene rings is 1.